The SMILES string of the molecule is O=C(Nc1ccc(N2CCOCC2)cc1)c1cn(-c2ccccc2)nc1-c1ccccc1. The van der Waals surface area contributed by atoms with Crippen LogP contribution in [0.4, 0.5) is 11.4 Å². The fraction of sp³-hybridized carbons (Fsp3) is 0.154. The summed E-state index contributed by atoms with van der Waals surface area (Å²) in [5.74, 6) is -0.190. The van der Waals surface area contributed by atoms with Gasteiger partial charge in [0.25, 0.3) is 5.91 Å². The quantitative estimate of drug-likeness (QED) is 0.508. The van der Waals surface area contributed by atoms with Crippen LogP contribution >= 0.6 is 0 Å². The average Bonchev–Trinajstić information content (AvgIpc) is 3.32. The molecular formula is C26H24N4O2. The first-order chi connectivity index (χ1) is 15.8. The van der Waals surface area contributed by atoms with Gasteiger partial charge in [-0.15, -0.1) is 0 Å². The summed E-state index contributed by atoms with van der Waals surface area (Å²) in [7, 11) is 0. The van der Waals surface area contributed by atoms with Crippen molar-refractivity contribution in [3.8, 4) is 16.9 Å². The van der Waals surface area contributed by atoms with Crippen LogP contribution in [0.2, 0.25) is 0 Å². The van der Waals surface area contributed by atoms with E-state index in [4.69, 9.17) is 9.84 Å². The van der Waals surface area contributed by atoms with Gasteiger partial charge >= 0.3 is 0 Å². The van der Waals surface area contributed by atoms with Crippen molar-refractivity contribution in [2.45, 2.75) is 0 Å². The second-order valence-corrected chi connectivity index (χ2v) is 7.64. The van der Waals surface area contributed by atoms with Crippen molar-refractivity contribution in [3.63, 3.8) is 0 Å². The molecule has 0 unspecified atom stereocenters. The van der Waals surface area contributed by atoms with Crippen LogP contribution in [0.3, 0.4) is 0 Å². The molecule has 0 atom stereocenters. The Balaban J connectivity index is 1.42. The number of hydrogen-bond acceptors (Lipinski definition) is 4. The van der Waals surface area contributed by atoms with E-state index >= 15 is 0 Å². The molecule has 0 saturated carbocycles. The second kappa shape index (κ2) is 9.08. The molecular weight excluding hydrogens is 400 g/mol. The van der Waals surface area contributed by atoms with Crippen LogP contribution in [0.15, 0.2) is 91.1 Å². The molecule has 1 amide bonds. The van der Waals surface area contributed by atoms with Crippen molar-refractivity contribution in [2.75, 3.05) is 36.5 Å². The molecule has 0 radical (unpaired) electrons. The van der Waals surface area contributed by atoms with Crippen LogP contribution in [0.1, 0.15) is 10.4 Å². The van der Waals surface area contributed by atoms with Crippen LogP contribution < -0.4 is 10.2 Å². The van der Waals surface area contributed by atoms with Crippen molar-refractivity contribution in [1.29, 1.82) is 0 Å². The van der Waals surface area contributed by atoms with E-state index in [-0.39, 0.29) is 5.91 Å². The van der Waals surface area contributed by atoms with Gasteiger partial charge in [0.15, 0.2) is 0 Å². The molecule has 1 aliphatic rings. The highest BCUT2D eigenvalue weighted by Crippen LogP contribution is 2.25. The van der Waals surface area contributed by atoms with Crippen LogP contribution in [-0.4, -0.2) is 42.0 Å². The van der Waals surface area contributed by atoms with Gasteiger partial charge in [-0.25, -0.2) is 4.68 Å². The molecule has 160 valence electrons. The number of morpholine rings is 1. The molecule has 6 heteroatoms. The number of nitrogens with zero attached hydrogens (tertiary/aromatic N) is 3. The maximum absolute atomic E-state index is 13.2. The molecule has 4 aromatic rings. The minimum absolute atomic E-state index is 0.190. The van der Waals surface area contributed by atoms with E-state index < -0.39 is 0 Å². The molecule has 1 fully saturated rings. The molecule has 0 bridgehead atoms. The number of carbonyl (C=O) groups is 1. The molecule has 5 rings (SSSR count). The van der Waals surface area contributed by atoms with Crippen molar-refractivity contribution < 1.29 is 9.53 Å². The minimum atomic E-state index is -0.190. The lowest BCUT2D eigenvalue weighted by Gasteiger charge is -2.28. The second-order valence-electron chi connectivity index (χ2n) is 7.64. The molecule has 1 saturated heterocycles. The van der Waals surface area contributed by atoms with Crippen LogP contribution in [0, 0.1) is 0 Å². The number of carbonyl (C=O) groups excluding carboxylic acids is 1. The number of nitrogens with one attached hydrogen (secondary N) is 1. The summed E-state index contributed by atoms with van der Waals surface area (Å²) < 4.78 is 7.17. The number of benzene rings is 3. The summed E-state index contributed by atoms with van der Waals surface area (Å²) in [6, 6.07) is 27.5. The standard InChI is InChI=1S/C26H24N4O2/c31-26(27-21-11-13-22(14-12-21)29-15-17-32-18-16-29)24-19-30(23-9-5-2-6-10-23)28-25(24)20-7-3-1-4-8-20/h1-14,19H,15-18H2,(H,27,31). The zero-order chi connectivity index (χ0) is 21.8. The molecule has 2 heterocycles. The molecule has 6 nitrogen and oxygen atoms in total. The monoisotopic (exact) mass is 424 g/mol. The lowest BCUT2D eigenvalue weighted by molar-refractivity contribution is 0.102. The first-order valence-corrected chi connectivity index (χ1v) is 10.7. The molecule has 32 heavy (non-hydrogen) atoms. The third-order valence-corrected chi connectivity index (χ3v) is 5.53. The topological polar surface area (TPSA) is 59.4 Å². The maximum atomic E-state index is 13.2. The first-order valence-electron chi connectivity index (χ1n) is 10.7. The van der Waals surface area contributed by atoms with Gasteiger partial charge < -0.3 is 15.0 Å². The van der Waals surface area contributed by atoms with Crippen LogP contribution in [0.25, 0.3) is 16.9 Å². The van der Waals surface area contributed by atoms with Crippen molar-refractivity contribution in [3.05, 3.63) is 96.7 Å². The number of ether oxygens (including phenoxy) is 1. The van der Waals surface area contributed by atoms with E-state index in [1.165, 1.54) is 0 Å². The van der Waals surface area contributed by atoms with Crippen LogP contribution in [0.5, 0.6) is 0 Å². The first kappa shape index (κ1) is 20.0. The van der Waals surface area contributed by atoms with Gasteiger partial charge in [-0.1, -0.05) is 48.5 Å². The molecule has 1 N–H and O–H groups in total. The summed E-state index contributed by atoms with van der Waals surface area (Å²) in [6.45, 7) is 3.24. The number of amides is 1. The third-order valence-electron chi connectivity index (χ3n) is 5.53. The van der Waals surface area contributed by atoms with Gasteiger partial charge in [-0.05, 0) is 36.4 Å². The highest BCUT2D eigenvalue weighted by atomic mass is 16.5. The zero-order valence-corrected chi connectivity index (χ0v) is 17.6. The molecule has 0 spiro atoms. The van der Waals surface area contributed by atoms with E-state index in [2.05, 4.69) is 10.2 Å². The Labute approximate surface area is 187 Å². The Bertz CT molecular complexity index is 1180. The summed E-state index contributed by atoms with van der Waals surface area (Å²) in [5, 5.41) is 7.75. The molecule has 1 aromatic heterocycles. The van der Waals surface area contributed by atoms with Gasteiger partial charge in [0.2, 0.25) is 0 Å². The van der Waals surface area contributed by atoms with Gasteiger partial charge in [-0.2, -0.15) is 5.10 Å². The average molecular weight is 425 g/mol. The Morgan fingerprint density at radius 1 is 0.812 bits per heavy atom. The third kappa shape index (κ3) is 4.26. The van der Waals surface area contributed by atoms with Crippen molar-refractivity contribution in [1.82, 2.24) is 9.78 Å². The Kier molecular flexibility index (Phi) is 5.68. The fourth-order valence-electron chi connectivity index (χ4n) is 3.84. The van der Waals surface area contributed by atoms with Crippen molar-refractivity contribution in [2.24, 2.45) is 0 Å². The van der Waals surface area contributed by atoms with E-state index in [1.54, 1.807) is 10.9 Å². The zero-order valence-electron chi connectivity index (χ0n) is 17.6. The Morgan fingerprint density at radius 3 is 2.16 bits per heavy atom. The van der Waals surface area contributed by atoms with Gasteiger partial charge in [0.1, 0.15) is 5.69 Å². The number of hydrogen-bond donors (Lipinski definition) is 1. The summed E-state index contributed by atoms with van der Waals surface area (Å²) in [6.07, 6.45) is 1.79. The smallest absolute Gasteiger partial charge is 0.259 e. The van der Waals surface area contributed by atoms with E-state index in [0.29, 0.717) is 11.3 Å². The number of para-hydroxylation sites is 1. The lowest BCUT2D eigenvalue weighted by Crippen LogP contribution is -2.36. The molecule has 1 aliphatic heterocycles. The maximum Gasteiger partial charge on any atom is 0.259 e. The predicted octanol–water partition coefficient (Wildman–Crippen LogP) is 4.63. The Morgan fingerprint density at radius 2 is 1.47 bits per heavy atom. The number of aromatic nitrogens is 2. The minimum Gasteiger partial charge on any atom is -0.378 e. The van der Waals surface area contributed by atoms with E-state index in [0.717, 1.165) is 48.9 Å². The lowest BCUT2D eigenvalue weighted by atomic mass is 10.1. The van der Waals surface area contributed by atoms with Crippen molar-refractivity contribution >= 4 is 17.3 Å². The van der Waals surface area contributed by atoms with Crippen LogP contribution in [-0.2, 0) is 4.74 Å². The normalized spacial score (nSPS) is 13.7. The van der Waals surface area contributed by atoms with Gasteiger partial charge in [0, 0.05) is 36.2 Å². The van der Waals surface area contributed by atoms with E-state index in [1.807, 2.05) is 84.9 Å². The highest BCUT2D eigenvalue weighted by Gasteiger charge is 2.19. The largest absolute Gasteiger partial charge is 0.378 e. The Hall–Kier alpha value is -3.90. The summed E-state index contributed by atoms with van der Waals surface area (Å²) in [5.41, 5.74) is 4.86. The molecule has 0 aliphatic carbocycles. The molecule has 3 aromatic carbocycles. The fourth-order valence-corrected chi connectivity index (χ4v) is 3.84. The summed E-state index contributed by atoms with van der Waals surface area (Å²) >= 11 is 0. The van der Waals surface area contributed by atoms with E-state index in [9.17, 15) is 4.79 Å². The number of anilines is 2. The van der Waals surface area contributed by atoms with Gasteiger partial charge in [0.05, 0.1) is 24.5 Å². The predicted molar refractivity (Wildman–Crippen MR) is 126 cm³/mol. The number of rotatable bonds is 5. The highest BCUT2D eigenvalue weighted by molar-refractivity contribution is 6.08. The van der Waals surface area contributed by atoms with Gasteiger partial charge in [-0.3, -0.25) is 4.79 Å². The summed E-state index contributed by atoms with van der Waals surface area (Å²) in [4.78, 5) is 15.5.